The van der Waals surface area contributed by atoms with E-state index in [0.29, 0.717) is 17.9 Å². The Labute approximate surface area is 121 Å². The molecule has 0 aliphatic rings. The third kappa shape index (κ3) is 5.94. The first-order valence-electron chi connectivity index (χ1n) is 6.36. The summed E-state index contributed by atoms with van der Waals surface area (Å²) in [6.07, 6.45) is 3.09. The van der Waals surface area contributed by atoms with Crippen LogP contribution in [0.1, 0.15) is 36.5 Å². The van der Waals surface area contributed by atoms with Crippen molar-refractivity contribution in [3.63, 3.8) is 0 Å². The van der Waals surface area contributed by atoms with Crippen LogP contribution in [0.25, 0.3) is 0 Å². The average molecular weight is 287 g/mol. The Morgan fingerprint density at radius 3 is 2.79 bits per heavy atom. The first kappa shape index (κ1) is 17.7. The summed E-state index contributed by atoms with van der Waals surface area (Å²) < 4.78 is 5.10. The van der Waals surface area contributed by atoms with E-state index in [1.54, 1.807) is 25.3 Å². The van der Waals surface area contributed by atoms with E-state index in [1.165, 1.54) is 0 Å². The fraction of sp³-hybridized carbons (Fsp3) is 0.500. The molecule has 0 aliphatic heterocycles. The molecule has 19 heavy (non-hydrogen) atoms. The van der Waals surface area contributed by atoms with Crippen molar-refractivity contribution in [3.8, 4) is 5.75 Å². The van der Waals surface area contributed by atoms with Crippen LogP contribution in [-0.4, -0.2) is 25.6 Å². The van der Waals surface area contributed by atoms with E-state index in [4.69, 9.17) is 10.5 Å². The lowest BCUT2D eigenvalue weighted by atomic mass is 10.1. The molecular weight excluding hydrogens is 264 g/mol. The van der Waals surface area contributed by atoms with Gasteiger partial charge in [0.2, 0.25) is 0 Å². The lowest BCUT2D eigenvalue weighted by Gasteiger charge is -2.16. The molecule has 3 N–H and O–H groups in total. The summed E-state index contributed by atoms with van der Waals surface area (Å²) in [5, 5.41) is 2.95. The number of ether oxygens (including phenoxy) is 1. The molecule has 1 rings (SSSR count). The number of methoxy groups -OCH3 is 1. The standard InChI is InChI=1S/C14H22N2O2.ClH/c1-3-4-7-12(10-15)16-14(17)11-6-5-8-13(9-11)18-2;/h5-6,8-9,12H,3-4,7,10,15H2,1-2H3,(H,16,17);1H. The first-order valence-corrected chi connectivity index (χ1v) is 6.36. The highest BCUT2D eigenvalue weighted by molar-refractivity contribution is 5.94. The largest absolute Gasteiger partial charge is 0.497 e. The van der Waals surface area contributed by atoms with Gasteiger partial charge in [0.1, 0.15) is 5.75 Å². The zero-order chi connectivity index (χ0) is 13.4. The molecule has 0 aromatic heterocycles. The third-order valence-corrected chi connectivity index (χ3v) is 2.86. The molecule has 1 amide bonds. The van der Waals surface area contributed by atoms with Crippen LogP contribution in [0.2, 0.25) is 0 Å². The summed E-state index contributed by atoms with van der Waals surface area (Å²) in [7, 11) is 1.58. The van der Waals surface area contributed by atoms with Gasteiger partial charge in [-0.25, -0.2) is 0 Å². The van der Waals surface area contributed by atoms with Crippen molar-refractivity contribution in [1.29, 1.82) is 0 Å². The maximum atomic E-state index is 12.0. The van der Waals surface area contributed by atoms with Crippen molar-refractivity contribution in [2.45, 2.75) is 32.2 Å². The Hall–Kier alpha value is -1.26. The zero-order valence-electron chi connectivity index (χ0n) is 11.5. The monoisotopic (exact) mass is 286 g/mol. The highest BCUT2D eigenvalue weighted by Gasteiger charge is 2.12. The van der Waals surface area contributed by atoms with Gasteiger partial charge in [0.15, 0.2) is 0 Å². The highest BCUT2D eigenvalue weighted by atomic mass is 35.5. The van der Waals surface area contributed by atoms with Gasteiger partial charge in [0, 0.05) is 18.2 Å². The Morgan fingerprint density at radius 1 is 1.47 bits per heavy atom. The van der Waals surface area contributed by atoms with E-state index in [2.05, 4.69) is 12.2 Å². The van der Waals surface area contributed by atoms with Crippen molar-refractivity contribution in [2.24, 2.45) is 5.73 Å². The first-order chi connectivity index (χ1) is 8.71. The second kappa shape index (κ2) is 9.64. The fourth-order valence-electron chi connectivity index (χ4n) is 1.73. The van der Waals surface area contributed by atoms with E-state index in [0.717, 1.165) is 19.3 Å². The topological polar surface area (TPSA) is 64.3 Å². The van der Waals surface area contributed by atoms with E-state index >= 15 is 0 Å². The van der Waals surface area contributed by atoms with Gasteiger partial charge in [-0.3, -0.25) is 4.79 Å². The molecule has 0 heterocycles. The molecule has 0 aliphatic carbocycles. The van der Waals surface area contributed by atoms with Gasteiger partial charge >= 0.3 is 0 Å². The molecular formula is C14H23ClN2O2. The molecule has 4 nitrogen and oxygen atoms in total. The van der Waals surface area contributed by atoms with Crippen molar-refractivity contribution in [3.05, 3.63) is 29.8 Å². The molecule has 5 heteroatoms. The lowest BCUT2D eigenvalue weighted by Crippen LogP contribution is -2.40. The lowest BCUT2D eigenvalue weighted by molar-refractivity contribution is 0.0935. The fourth-order valence-corrected chi connectivity index (χ4v) is 1.73. The van der Waals surface area contributed by atoms with Crippen LogP contribution in [0.3, 0.4) is 0 Å². The Morgan fingerprint density at radius 2 is 2.21 bits per heavy atom. The molecule has 0 saturated heterocycles. The van der Waals surface area contributed by atoms with E-state index in [9.17, 15) is 4.79 Å². The smallest absolute Gasteiger partial charge is 0.251 e. The van der Waals surface area contributed by atoms with Gasteiger partial charge < -0.3 is 15.8 Å². The quantitative estimate of drug-likeness (QED) is 0.809. The van der Waals surface area contributed by atoms with Crippen molar-refractivity contribution in [1.82, 2.24) is 5.32 Å². The van der Waals surface area contributed by atoms with Crippen molar-refractivity contribution in [2.75, 3.05) is 13.7 Å². The van der Waals surface area contributed by atoms with Gasteiger partial charge in [-0.15, -0.1) is 12.4 Å². The van der Waals surface area contributed by atoms with E-state index in [1.807, 2.05) is 6.07 Å². The SMILES string of the molecule is CCCCC(CN)NC(=O)c1cccc(OC)c1.Cl. The molecule has 0 radical (unpaired) electrons. The minimum absolute atomic E-state index is 0. The van der Waals surface area contributed by atoms with Gasteiger partial charge in [-0.2, -0.15) is 0 Å². The van der Waals surface area contributed by atoms with Crippen molar-refractivity contribution >= 4 is 18.3 Å². The number of rotatable bonds is 7. The van der Waals surface area contributed by atoms with E-state index in [-0.39, 0.29) is 24.4 Å². The van der Waals surface area contributed by atoms with Crippen LogP contribution < -0.4 is 15.8 Å². The second-order valence-electron chi connectivity index (χ2n) is 4.28. The predicted molar refractivity (Wildman–Crippen MR) is 80.1 cm³/mol. The number of nitrogens with two attached hydrogens (primary N) is 1. The molecule has 1 aromatic carbocycles. The number of nitrogens with one attached hydrogen (secondary N) is 1. The molecule has 1 aromatic rings. The zero-order valence-corrected chi connectivity index (χ0v) is 12.3. The Kier molecular flexibility index (Phi) is 9.00. The number of hydrogen-bond acceptors (Lipinski definition) is 3. The van der Waals surface area contributed by atoms with E-state index < -0.39 is 0 Å². The van der Waals surface area contributed by atoms with Gasteiger partial charge in [0.05, 0.1) is 7.11 Å². The summed E-state index contributed by atoms with van der Waals surface area (Å²) in [6, 6.07) is 7.16. The van der Waals surface area contributed by atoms with Gasteiger partial charge in [0.25, 0.3) is 5.91 Å². The minimum atomic E-state index is -0.0968. The Bertz CT molecular complexity index is 385. The average Bonchev–Trinajstić information content (AvgIpc) is 2.43. The van der Waals surface area contributed by atoms with Gasteiger partial charge in [-0.1, -0.05) is 25.8 Å². The molecule has 1 unspecified atom stereocenters. The normalized spacial score (nSPS) is 11.3. The number of halogens is 1. The van der Waals surface area contributed by atoms with Crippen LogP contribution in [0, 0.1) is 0 Å². The van der Waals surface area contributed by atoms with Crippen LogP contribution >= 0.6 is 12.4 Å². The number of carbonyl (C=O) groups is 1. The second-order valence-corrected chi connectivity index (χ2v) is 4.28. The number of unbranched alkanes of at least 4 members (excludes halogenated alkanes) is 1. The molecule has 1 atom stereocenters. The number of benzene rings is 1. The van der Waals surface area contributed by atoms with Gasteiger partial charge in [-0.05, 0) is 24.6 Å². The van der Waals surface area contributed by atoms with Crippen molar-refractivity contribution < 1.29 is 9.53 Å². The molecule has 108 valence electrons. The Balaban J connectivity index is 0.00000324. The summed E-state index contributed by atoms with van der Waals surface area (Å²) in [5.74, 6) is 0.584. The summed E-state index contributed by atoms with van der Waals surface area (Å²) >= 11 is 0. The number of amides is 1. The van der Waals surface area contributed by atoms with Crippen LogP contribution in [0.4, 0.5) is 0 Å². The minimum Gasteiger partial charge on any atom is -0.497 e. The molecule has 0 saturated carbocycles. The predicted octanol–water partition coefficient (Wildman–Crippen LogP) is 2.36. The summed E-state index contributed by atoms with van der Waals surface area (Å²) in [6.45, 7) is 2.59. The molecule has 0 bridgehead atoms. The van der Waals surface area contributed by atoms with Crippen LogP contribution in [0.5, 0.6) is 5.75 Å². The third-order valence-electron chi connectivity index (χ3n) is 2.86. The molecule has 0 spiro atoms. The summed E-state index contributed by atoms with van der Waals surface area (Å²) in [5.41, 5.74) is 6.26. The number of carbonyl (C=O) groups excluding carboxylic acids is 1. The van der Waals surface area contributed by atoms with Crippen LogP contribution in [0.15, 0.2) is 24.3 Å². The maximum Gasteiger partial charge on any atom is 0.251 e. The van der Waals surface area contributed by atoms with Crippen LogP contribution in [-0.2, 0) is 0 Å². The highest BCUT2D eigenvalue weighted by Crippen LogP contribution is 2.12. The maximum absolute atomic E-state index is 12.0. The summed E-state index contributed by atoms with van der Waals surface area (Å²) in [4.78, 5) is 12.0. The number of hydrogen-bond donors (Lipinski definition) is 2. The molecule has 0 fully saturated rings.